The Bertz CT molecular complexity index is 1840. The lowest BCUT2D eigenvalue weighted by Gasteiger charge is -2.13. The molecule has 0 bridgehead atoms. The second kappa shape index (κ2) is 14.1. The van der Waals surface area contributed by atoms with Crippen LogP contribution in [-0.2, 0) is 9.59 Å². The molecule has 0 aliphatic rings. The number of carbonyl (C=O) groups excluding carboxylic acids is 3. The van der Waals surface area contributed by atoms with Crippen LogP contribution in [0.25, 0.3) is 16.8 Å². The maximum atomic E-state index is 13.6. The number of anilines is 2. The Balaban J connectivity index is 1.33. The van der Waals surface area contributed by atoms with E-state index in [0.717, 1.165) is 21.2 Å². The monoisotopic (exact) mass is 625 g/mol. The summed E-state index contributed by atoms with van der Waals surface area (Å²) >= 11 is 13.5. The zero-order chi connectivity index (χ0) is 30.2. The fourth-order valence-electron chi connectivity index (χ4n) is 4.26. The number of amides is 3. The van der Waals surface area contributed by atoms with Crippen molar-refractivity contribution in [1.29, 1.82) is 0 Å². The van der Waals surface area contributed by atoms with Crippen molar-refractivity contribution in [2.75, 3.05) is 16.4 Å². The van der Waals surface area contributed by atoms with Gasteiger partial charge in [-0.25, -0.2) is 0 Å². The van der Waals surface area contributed by atoms with E-state index in [1.807, 2.05) is 54.6 Å². The van der Waals surface area contributed by atoms with Crippen molar-refractivity contribution in [2.45, 2.75) is 4.90 Å². The molecule has 43 heavy (non-hydrogen) atoms. The molecular weight excluding hydrogens is 601 g/mol. The Morgan fingerprint density at radius 2 is 1.49 bits per heavy atom. The van der Waals surface area contributed by atoms with Gasteiger partial charge in [-0.15, -0.1) is 11.8 Å². The molecule has 5 aromatic rings. The Morgan fingerprint density at radius 3 is 2.33 bits per heavy atom. The normalized spacial score (nSPS) is 11.2. The molecule has 0 aliphatic carbocycles. The highest BCUT2D eigenvalue weighted by atomic mass is 35.5. The molecule has 3 N–H and O–H groups in total. The Hall–Kier alpha value is -4.56. The van der Waals surface area contributed by atoms with Gasteiger partial charge in [0.25, 0.3) is 11.8 Å². The number of thioether (sulfide) groups is 1. The zero-order valence-electron chi connectivity index (χ0n) is 22.6. The highest BCUT2D eigenvalue weighted by Crippen LogP contribution is 2.27. The van der Waals surface area contributed by atoms with Gasteiger partial charge in [-0.2, -0.15) is 0 Å². The van der Waals surface area contributed by atoms with Crippen molar-refractivity contribution in [3.05, 3.63) is 142 Å². The minimum absolute atomic E-state index is 0.0843. The van der Waals surface area contributed by atoms with Gasteiger partial charge in [0.1, 0.15) is 5.70 Å². The molecular formula is C34H25Cl2N3O3S. The molecule has 5 aromatic carbocycles. The van der Waals surface area contributed by atoms with E-state index in [0.29, 0.717) is 27.0 Å². The number of fused-ring (bicyclic) bond motifs is 1. The molecule has 0 aliphatic heterocycles. The van der Waals surface area contributed by atoms with E-state index in [4.69, 9.17) is 23.2 Å². The van der Waals surface area contributed by atoms with Gasteiger partial charge in [-0.1, -0.05) is 89.9 Å². The average Bonchev–Trinajstić information content (AvgIpc) is 3.02. The molecule has 0 saturated heterocycles. The molecule has 5 rings (SSSR count). The number of carbonyl (C=O) groups is 3. The number of halogens is 2. The summed E-state index contributed by atoms with van der Waals surface area (Å²) in [5, 5.41) is 11.2. The summed E-state index contributed by atoms with van der Waals surface area (Å²) in [6.45, 7) is 0. The van der Waals surface area contributed by atoms with E-state index in [2.05, 4.69) is 16.0 Å². The van der Waals surface area contributed by atoms with Crippen LogP contribution in [0.5, 0.6) is 0 Å². The zero-order valence-corrected chi connectivity index (χ0v) is 25.0. The predicted molar refractivity (Wildman–Crippen MR) is 177 cm³/mol. The van der Waals surface area contributed by atoms with E-state index >= 15 is 0 Å². The molecule has 0 unspecified atom stereocenters. The molecule has 0 atom stereocenters. The first-order valence-corrected chi connectivity index (χ1v) is 14.9. The van der Waals surface area contributed by atoms with E-state index in [9.17, 15) is 14.4 Å². The average molecular weight is 627 g/mol. The van der Waals surface area contributed by atoms with Crippen molar-refractivity contribution in [1.82, 2.24) is 5.32 Å². The van der Waals surface area contributed by atoms with Gasteiger partial charge in [0.05, 0.1) is 16.5 Å². The van der Waals surface area contributed by atoms with Crippen LogP contribution in [0, 0.1) is 0 Å². The molecule has 0 saturated carbocycles. The Kier molecular flexibility index (Phi) is 9.79. The van der Waals surface area contributed by atoms with Gasteiger partial charge in [-0.05, 0) is 70.9 Å². The molecule has 9 heteroatoms. The van der Waals surface area contributed by atoms with Crippen LogP contribution < -0.4 is 16.0 Å². The first-order chi connectivity index (χ1) is 20.9. The van der Waals surface area contributed by atoms with Gasteiger partial charge < -0.3 is 16.0 Å². The molecule has 3 amide bonds. The lowest BCUT2D eigenvalue weighted by molar-refractivity contribution is -0.114. The van der Waals surface area contributed by atoms with E-state index < -0.39 is 11.8 Å². The van der Waals surface area contributed by atoms with Crippen LogP contribution in [-0.4, -0.2) is 23.5 Å². The molecule has 6 nitrogen and oxygen atoms in total. The quantitative estimate of drug-likeness (QED) is 0.114. The van der Waals surface area contributed by atoms with Crippen molar-refractivity contribution >= 4 is 80.9 Å². The Morgan fingerprint density at radius 1 is 0.744 bits per heavy atom. The Labute approximate surface area is 263 Å². The predicted octanol–water partition coefficient (Wildman–Crippen LogP) is 8.29. The summed E-state index contributed by atoms with van der Waals surface area (Å²) in [6.07, 6.45) is 1.67. The van der Waals surface area contributed by atoms with Crippen LogP contribution in [0.3, 0.4) is 0 Å². The smallest absolute Gasteiger partial charge is 0.272 e. The third kappa shape index (κ3) is 8.05. The van der Waals surface area contributed by atoms with Gasteiger partial charge in [-0.3, -0.25) is 14.4 Å². The first-order valence-electron chi connectivity index (χ1n) is 13.2. The van der Waals surface area contributed by atoms with Crippen LogP contribution in [0.15, 0.2) is 126 Å². The topological polar surface area (TPSA) is 87.3 Å². The summed E-state index contributed by atoms with van der Waals surface area (Å²) in [5.74, 6) is -1.04. The van der Waals surface area contributed by atoms with Gasteiger partial charge in [0.15, 0.2) is 0 Å². The van der Waals surface area contributed by atoms with Crippen LogP contribution >= 0.6 is 35.0 Å². The fraction of sp³-hybridized carbons (Fsp3) is 0.0294. The molecule has 0 spiro atoms. The molecule has 214 valence electrons. The number of nitrogens with one attached hydrogen (secondary N) is 3. The minimum Gasteiger partial charge on any atom is -0.324 e. The van der Waals surface area contributed by atoms with Crippen molar-refractivity contribution in [3.63, 3.8) is 0 Å². The highest BCUT2D eigenvalue weighted by molar-refractivity contribution is 8.00. The minimum atomic E-state index is -0.493. The summed E-state index contributed by atoms with van der Waals surface area (Å²) in [7, 11) is 0. The van der Waals surface area contributed by atoms with Crippen molar-refractivity contribution < 1.29 is 14.4 Å². The van der Waals surface area contributed by atoms with Gasteiger partial charge in [0.2, 0.25) is 5.91 Å². The third-order valence-electron chi connectivity index (χ3n) is 6.32. The highest BCUT2D eigenvalue weighted by Gasteiger charge is 2.16. The standard InChI is InChI=1S/C34H25Cl2N3O3S/c35-25-16-17-29(36)30(19-25)38-32(40)21-43-27-14-7-13-26(20-27)37-34(42)31(39-33(41)23-9-2-1-3-10-23)18-24-12-6-11-22-8-4-5-15-28(22)24/h1-20H,21H2,(H,37,42)(H,38,40)(H,39,41)/b31-18+. The summed E-state index contributed by atoms with van der Waals surface area (Å²) in [6, 6.07) is 34.3. The second-order valence-electron chi connectivity index (χ2n) is 9.39. The van der Waals surface area contributed by atoms with Gasteiger partial charge >= 0.3 is 0 Å². The summed E-state index contributed by atoms with van der Waals surface area (Å²) in [4.78, 5) is 39.9. The van der Waals surface area contributed by atoms with E-state index in [1.54, 1.807) is 66.7 Å². The summed E-state index contributed by atoms with van der Waals surface area (Å²) < 4.78 is 0. The van der Waals surface area contributed by atoms with Crippen LogP contribution in [0.1, 0.15) is 15.9 Å². The molecule has 0 fully saturated rings. The number of hydrogen-bond acceptors (Lipinski definition) is 4. The molecule has 0 aromatic heterocycles. The number of rotatable bonds is 9. The van der Waals surface area contributed by atoms with Crippen molar-refractivity contribution in [2.24, 2.45) is 0 Å². The van der Waals surface area contributed by atoms with Crippen LogP contribution in [0.2, 0.25) is 10.0 Å². The number of benzene rings is 5. The lowest BCUT2D eigenvalue weighted by Crippen LogP contribution is -2.30. The lowest BCUT2D eigenvalue weighted by atomic mass is 10.0. The summed E-state index contributed by atoms with van der Waals surface area (Å²) in [5.41, 5.74) is 2.23. The van der Waals surface area contributed by atoms with Crippen LogP contribution in [0.4, 0.5) is 11.4 Å². The maximum absolute atomic E-state index is 13.6. The largest absolute Gasteiger partial charge is 0.324 e. The van der Waals surface area contributed by atoms with E-state index in [-0.39, 0.29) is 17.4 Å². The van der Waals surface area contributed by atoms with E-state index in [1.165, 1.54) is 11.8 Å². The molecule has 0 radical (unpaired) electrons. The fourth-order valence-corrected chi connectivity index (χ4v) is 5.36. The first kappa shape index (κ1) is 29.9. The van der Waals surface area contributed by atoms with Gasteiger partial charge in [0, 0.05) is 21.2 Å². The molecule has 0 heterocycles. The second-order valence-corrected chi connectivity index (χ2v) is 11.3. The maximum Gasteiger partial charge on any atom is 0.272 e. The third-order valence-corrected chi connectivity index (χ3v) is 7.87. The number of hydrogen-bond donors (Lipinski definition) is 3. The SMILES string of the molecule is O=C(CSc1cccc(NC(=O)/C(=C\c2cccc3ccccc23)NC(=O)c2ccccc2)c1)Nc1cc(Cl)ccc1Cl. The van der Waals surface area contributed by atoms with Crippen molar-refractivity contribution in [3.8, 4) is 0 Å².